The number of carboxylic acid groups (broad SMARTS) is 1. The number of rotatable bonds is 4. The smallest absolute Gasteiger partial charge is 0.334 e. The van der Waals surface area contributed by atoms with Gasteiger partial charge in [0.15, 0.2) is 17.6 Å². The molecular weight excluding hydrogens is 324 g/mol. The number of carbonyl (C=O) groups excluding carboxylic acids is 2. The summed E-state index contributed by atoms with van der Waals surface area (Å²) in [6, 6.07) is -2.08. The van der Waals surface area contributed by atoms with Crippen LogP contribution in [0.15, 0.2) is 0 Å². The van der Waals surface area contributed by atoms with E-state index < -0.39 is 41.0 Å². The SMILES string of the molecule is CCc1c(F)c(F)c(OC)c2c1C(=O)C(=O)C(C(=O)O)N2C1CC1. The largest absolute Gasteiger partial charge is 0.491 e. The van der Waals surface area contributed by atoms with Gasteiger partial charge in [-0.3, -0.25) is 9.59 Å². The molecule has 1 atom stereocenters. The molecule has 0 spiro atoms. The normalized spacial score (nSPS) is 20.2. The maximum atomic E-state index is 14.4. The molecule has 1 saturated carbocycles. The van der Waals surface area contributed by atoms with Crippen molar-refractivity contribution in [2.24, 2.45) is 0 Å². The number of halogens is 2. The predicted octanol–water partition coefficient (Wildman–Crippen LogP) is 1.72. The van der Waals surface area contributed by atoms with Crippen molar-refractivity contribution in [1.82, 2.24) is 0 Å². The second kappa shape index (κ2) is 5.54. The Labute approximate surface area is 136 Å². The highest BCUT2D eigenvalue weighted by Gasteiger charge is 2.51. The molecule has 1 aliphatic carbocycles. The van der Waals surface area contributed by atoms with Crippen molar-refractivity contribution in [3.05, 3.63) is 22.8 Å². The van der Waals surface area contributed by atoms with Gasteiger partial charge in [0.25, 0.3) is 0 Å². The van der Waals surface area contributed by atoms with Crippen molar-refractivity contribution in [2.75, 3.05) is 12.0 Å². The highest BCUT2D eigenvalue weighted by molar-refractivity contribution is 6.51. The molecule has 0 amide bonds. The molecule has 1 N–H and O–H groups in total. The topological polar surface area (TPSA) is 83.9 Å². The third-order valence-corrected chi connectivity index (χ3v) is 4.38. The number of aliphatic carboxylic acids is 1. The number of methoxy groups -OCH3 is 1. The third-order valence-electron chi connectivity index (χ3n) is 4.38. The summed E-state index contributed by atoms with van der Waals surface area (Å²) in [6.07, 6.45) is 1.16. The predicted molar refractivity (Wildman–Crippen MR) is 78.6 cm³/mol. The van der Waals surface area contributed by atoms with Crippen molar-refractivity contribution in [3.8, 4) is 5.75 Å². The average molecular weight is 339 g/mol. The summed E-state index contributed by atoms with van der Waals surface area (Å²) in [7, 11) is 1.10. The zero-order valence-corrected chi connectivity index (χ0v) is 13.1. The van der Waals surface area contributed by atoms with Crippen molar-refractivity contribution in [2.45, 2.75) is 38.3 Å². The second-order valence-electron chi connectivity index (χ2n) is 5.79. The van der Waals surface area contributed by atoms with Gasteiger partial charge in [-0.25, -0.2) is 9.18 Å². The Balaban J connectivity index is 2.40. The van der Waals surface area contributed by atoms with E-state index >= 15 is 0 Å². The number of hydrogen-bond acceptors (Lipinski definition) is 5. The van der Waals surface area contributed by atoms with E-state index in [1.165, 1.54) is 11.8 Å². The fourth-order valence-corrected chi connectivity index (χ4v) is 3.19. The number of carbonyl (C=O) groups is 3. The highest BCUT2D eigenvalue weighted by atomic mass is 19.2. The van der Waals surface area contributed by atoms with Gasteiger partial charge in [0.1, 0.15) is 0 Å². The molecule has 24 heavy (non-hydrogen) atoms. The molecule has 2 aliphatic rings. The van der Waals surface area contributed by atoms with Crippen LogP contribution in [0.2, 0.25) is 0 Å². The number of nitrogens with zero attached hydrogens (tertiary/aromatic N) is 1. The number of ether oxygens (including phenoxy) is 1. The number of carboxylic acids is 1. The Morgan fingerprint density at radius 1 is 1.29 bits per heavy atom. The molecule has 0 aromatic heterocycles. The second-order valence-corrected chi connectivity index (χ2v) is 5.79. The van der Waals surface area contributed by atoms with Crippen molar-refractivity contribution < 1.29 is 33.0 Å². The minimum Gasteiger partial charge on any atom is -0.491 e. The molecule has 0 radical (unpaired) electrons. The Kier molecular flexibility index (Phi) is 3.77. The minimum atomic E-state index is -1.75. The lowest BCUT2D eigenvalue weighted by atomic mass is 9.87. The van der Waals surface area contributed by atoms with Crippen molar-refractivity contribution in [1.29, 1.82) is 0 Å². The molecule has 3 rings (SSSR count). The molecule has 0 saturated heterocycles. The van der Waals surface area contributed by atoms with E-state index in [9.17, 15) is 28.3 Å². The van der Waals surface area contributed by atoms with E-state index in [1.54, 1.807) is 0 Å². The maximum Gasteiger partial charge on any atom is 0.334 e. The first kappa shape index (κ1) is 16.4. The van der Waals surface area contributed by atoms with Gasteiger partial charge < -0.3 is 14.7 Å². The van der Waals surface area contributed by atoms with Crippen LogP contribution in [0.1, 0.15) is 35.7 Å². The standard InChI is InChI=1S/C16H15F2NO5/c1-3-7-8-11(15(24-2)10(18)9(7)17)19(6-4-5-6)12(16(22)23)14(21)13(8)20/h6,12H,3-5H2,1-2H3,(H,22,23). The zero-order valence-electron chi connectivity index (χ0n) is 13.1. The van der Waals surface area contributed by atoms with Crippen LogP contribution in [-0.2, 0) is 16.0 Å². The Hall–Kier alpha value is -2.51. The lowest BCUT2D eigenvalue weighted by Crippen LogP contribution is -2.55. The number of ketones is 2. The summed E-state index contributed by atoms with van der Waals surface area (Å²) in [5, 5.41) is 9.39. The summed E-state index contributed by atoms with van der Waals surface area (Å²) >= 11 is 0. The van der Waals surface area contributed by atoms with Crippen LogP contribution < -0.4 is 9.64 Å². The van der Waals surface area contributed by atoms with Crippen LogP contribution in [0.25, 0.3) is 0 Å². The summed E-state index contributed by atoms with van der Waals surface area (Å²) in [5.41, 5.74) is -0.661. The van der Waals surface area contributed by atoms with E-state index in [0.717, 1.165) is 7.11 Å². The molecule has 1 unspecified atom stereocenters. The van der Waals surface area contributed by atoms with Crippen LogP contribution in [0.5, 0.6) is 5.75 Å². The Morgan fingerprint density at radius 3 is 2.38 bits per heavy atom. The molecule has 1 fully saturated rings. The Bertz CT molecular complexity index is 772. The molecule has 1 aliphatic heterocycles. The van der Waals surface area contributed by atoms with Crippen LogP contribution >= 0.6 is 0 Å². The van der Waals surface area contributed by atoms with Crippen LogP contribution in [0.3, 0.4) is 0 Å². The highest BCUT2D eigenvalue weighted by Crippen LogP contribution is 2.47. The van der Waals surface area contributed by atoms with Gasteiger partial charge in [-0.05, 0) is 19.3 Å². The number of benzene rings is 1. The first-order valence-corrected chi connectivity index (χ1v) is 7.52. The number of Topliss-reactive ketones (excluding diaryl/α,β-unsaturated/α-hetero) is 2. The first-order chi connectivity index (χ1) is 11.3. The lowest BCUT2D eigenvalue weighted by molar-refractivity contribution is -0.141. The summed E-state index contributed by atoms with van der Waals surface area (Å²) in [5.74, 6) is -6.86. The van der Waals surface area contributed by atoms with Crippen molar-refractivity contribution in [3.63, 3.8) is 0 Å². The van der Waals surface area contributed by atoms with Gasteiger partial charge in [0.05, 0.1) is 18.4 Å². The van der Waals surface area contributed by atoms with Crippen LogP contribution in [0, 0.1) is 11.6 Å². The third kappa shape index (κ3) is 2.09. The molecule has 0 bridgehead atoms. The Morgan fingerprint density at radius 2 is 1.92 bits per heavy atom. The lowest BCUT2D eigenvalue weighted by Gasteiger charge is -2.36. The van der Waals surface area contributed by atoms with E-state index in [2.05, 4.69) is 0 Å². The van der Waals surface area contributed by atoms with Crippen LogP contribution in [0.4, 0.5) is 14.5 Å². The van der Waals surface area contributed by atoms with E-state index in [0.29, 0.717) is 12.8 Å². The molecule has 1 aromatic carbocycles. The van der Waals surface area contributed by atoms with Gasteiger partial charge in [0.2, 0.25) is 17.4 Å². The monoisotopic (exact) mass is 339 g/mol. The van der Waals surface area contributed by atoms with Gasteiger partial charge >= 0.3 is 5.97 Å². The van der Waals surface area contributed by atoms with E-state index in [-0.39, 0.29) is 29.3 Å². The molecule has 128 valence electrons. The average Bonchev–Trinajstić information content (AvgIpc) is 3.36. The molecule has 1 aromatic rings. The van der Waals surface area contributed by atoms with E-state index in [4.69, 9.17) is 4.74 Å². The van der Waals surface area contributed by atoms with Gasteiger partial charge in [-0.1, -0.05) is 6.92 Å². The minimum absolute atomic E-state index is 0.0235. The fraction of sp³-hybridized carbons (Fsp3) is 0.438. The number of hydrogen-bond donors (Lipinski definition) is 1. The van der Waals surface area contributed by atoms with Crippen LogP contribution in [-0.4, -0.2) is 41.8 Å². The number of anilines is 1. The zero-order chi connectivity index (χ0) is 17.8. The van der Waals surface area contributed by atoms with Gasteiger partial charge in [-0.2, -0.15) is 4.39 Å². The van der Waals surface area contributed by atoms with Gasteiger partial charge in [-0.15, -0.1) is 0 Å². The quantitative estimate of drug-likeness (QED) is 0.664. The summed E-state index contributed by atoms with van der Waals surface area (Å²) in [4.78, 5) is 37.5. The fourth-order valence-electron chi connectivity index (χ4n) is 3.19. The van der Waals surface area contributed by atoms with E-state index in [1.807, 2.05) is 0 Å². The molecule has 8 heteroatoms. The molecule has 6 nitrogen and oxygen atoms in total. The summed E-state index contributed by atoms with van der Waals surface area (Å²) in [6.45, 7) is 1.52. The molecule has 1 heterocycles. The first-order valence-electron chi connectivity index (χ1n) is 7.52. The maximum absolute atomic E-state index is 14.4. The number of fused-ring (bicyclic) bond motifs is 1. The van der Waals surface area contributed by atoms with Gasteiger partial charge in [0, 0.05) is 11.6 Å². The molecular formula is C16H15F2NO5. The van der Waals surface area contributed by atoms with Crippen molar-refractivity contribution >= 4 is 23.2 Å². The summed E-state index contributed by atoms with van der Waals surface area (Å²) < 4.78 is 33.6.